The maximum Gasteiger partial charge on any atom is 0.308 e. The number of carbonyl (C=O) groups excluding carboxylic acids is 1. The van der Waals surface area contributed by atoms with E-state index in [1.807, 2.05) is 6.92 Å². The molecule has 0 heterocycles. The fourth-order valence-corrected chi connectivity index (χ4v) is 2.39. The second-order valence-corrected chi connectivity index (χ2v) is 5.37. The van der Waals surface area contributed by atoms with Crippen molar-refractivity contribution in [3.05, 3.63) is 0 Å². The highest BCUT2D eigenvalue weighted by Gasteiger charge is 2.24. The largest absolute Gasteiger partial charge is 0.462 e. The molecule has 1 saturated carbocycles. The Kier molecular flexibility index (Phi) is 5.86. The van der Waals surface area contributed by atoms with Crippen molar-refractivity contribution in [3.63, 3.8) is 0 Å². The van der Waals surface area contributed by atoms with Crippen LogP contribution in [-0.4, -0.2) is 12.1 Å². The van der Waals surface area contributed by atoms with Gasteiger partial charge in [-0.15, -0.1) is 0 Å². The Labute approximate surface area is 99.8 Å². The quantitative estimate of drug-likeness (QED) is 0.664. The van der Waals surface area contributed by atoms with Gasteiger partial charge in [0.25, 0.3) is 0 Å². The van der Waals surface area contributed by atoms with Crippen LogP contribution in [-0.2, 0) is 9.53 Å². The number of rotatable bonds is 5. The Hall–Kier alpha value is -0.530. The molecule has 0 aromatic rings. The lowest BCUT2D eigenvalue weighted by Gasteiger charge is -2.27. The van der Waals surface area contributed by atoms with Crippen LogP contribution in [0, 0.1) is 11.8 Å². The Balaban J connectivity index is 2.26. The van der Waals surface area contributed by atoms with E-state index in [0.29, 0.717) is 0 Å². The lowest BCUT2D eigenvalue weighted by molar-refractivity contribution is -0.155. The van der Waals surface area contributed by atoms with Crippen LogP contribution >= 0.6 is 0 Å². The lowest BCUT2D eigenvalue weighted by Crippen LogP contribution is -2.27. The van der Waals surface area contributed by atoms with Crippen molar-refractivity contribution in [2.24, 2.45) is 11.8 Å². The van der Waals surface area contributed by atoms with Gasteiger partial charge >= 0.3 is 5.97 Å². The summed E-state index contributed by atoms with van der Waals surface area (Å²) in [6.07, 6.45) is 8.07. The van der Waals surface area contributed by atoms with Crippen LogP contribution in [0.1, 0.15) is 65.7 Å². The summed E-state index contributed by atoms with van der Waals surface area (Å²) >= 11 is 0. The second-order valence-electron chi connectivity index (χ2n) is 5.37. The molecule has 0 saturated heterocycles. The molecule has 94 valence electrons. The van der Waals surface area contributed by atoms with Crippen molar-refractivity contribution in [2.75, 3.05) is 0 Å². The van der Waals surface area contributed by atoms with Gasteiger partial charge in [-0.05, 0) is 31.6 Å². The first-order valence-electron chi connectivity index (χ1n) is 6.84. The van der Waals surface area contributed by atoms with Gasteiger partial charge < -0.3 is 4.74 Å². The van der Waals surface area contributed by atoms with E-state index in [4.69, 9.17) is 4.74 Å². The summed E-state index contributed by atoms with van der Waals surface area (Å²) in [5.41, 5.74) is 0. The Morgan fingerprint density at radius 2 is 2.19 bits per heavy atom. The van der Waals surface area contributed by atoms with Crippen LogP contribution in [0.3, 0.4) is 0 Å². The Bertz CT molecular complexity index is 213. The molecular formula is C14H26O2. The predicted octanol–water partition coefficient (Wildman–Crippen LogP) is 3.93. The Morgan fingerprint density at radius 1 is 1.44 bits per heavy atom. The van der Waals surface area contributed by atoms with E-state index >= 15 is 0 Å². The monoisotopic (exact) mass is 226 g/mol. The normalized spacial score (nSPS) is 27.4. The van der Waals surface area contributed by atoms with E-state index in [1.54, 1.807) is 0 Å². The molecular weight excluding hydrogens is 200 g/mol. The first kappa shape index (κ1) is 13.5. The minimum absolute atomic E-state index is 0.0209. The van der Waals surface area contributed by atoms with Gasteiger partial charge in [0.1, 0.15) is 6.10 Å². The van der Waals surface area contributed by atoms with Crippen molar-refractivity contribution >= 4 is 5.97 Å². The van der Waals surface area contributed by atoms with E-state index in [2.05, 4.69) is 13.8 Å². The zero-order valence-electron chi connectivity index (χ0n) is 11.0. The molecule has 0 spiro atoms. The summed E-state index contributed by atoms with van der Waals surface area (Å²) in [5.74, 6) is 0.822. The molecule has 2 heteroatoms. The summed E-state index contributed by atoms with van der Waals surface area (Å²) in [6, 6.07) is 0. The third-order valence-corrected chi connectivity index (χ3v) is 3.56. The maximum absolute atomic E-state index is 11.8. The number of esters is 1. The van der Waals surface area contributed by atoms with Gasteiger partial charge in [0.05, 0.1) is 5.92 Å². The van der Waals surface area contributed by atoms with Crippen molar-refractivity contribution in [2.45, 2.75) is 71.8 Å². The highest BCUT2D eigenvalue weighted by Crippen LogP contribution is 2.26. The lowest BCUT2D eigenvalue weighted by atomic mass is 9.88. The number of unbranched alkanes of at least 4 members (excludes halogenated alkanes) is 1. The van der Waals surface area contributed by atoms with Gasteiger partial charge in [0.15, 0.2) is 0 Å². The average molecular weight is 226 g/mol. The minimum Gasteiger partial charge on any atom is -0.462 e. The topological polar surface area (TPSA) is 26.3 Å². The molecule has 1 aliphatic rings. The molecule has 1 fully saturated rings. The molecule has 0 radical (unpaired) electrons. The van der Waals surface area contributed by atoms with Gasteiger partial charge in [-0.1, -0.05) is 40.0 Å². The number of carbonyl (C=O) groups is 1. The molecule has 1 rings (SSSR count). The second kappa shape index (κ2) is 6.93. The van der Waals surface area contributed by atoms with Gasteiger partial charge in [0, 0.05) is 0 Å². The summed E-state index contributed by atoms with van der Waals surface area (Å²) in [6.45, 7) is 6.39. The molecule has 0 N–H and O–H groups in total. The molecule has 3 unspecified atom stereocenters. The van der Waals surface area contributed by atoms with Crippen molar-refractivity contribution in [1.29, 1.82) is 0 Å². The number of hydrogen-bond donors (Lipinski definition) is 0. The van der Waals surface area contributed by atoms with Gasteiger partial charge in [-0.25, -0.2) is 0 Å². The predicted molar refractivity (Wildman–Crippen MR) is 66.2 cm³/mol. The van der Waals surface area contributed by atoms with E-state index in [9.17, 15) is 4.79 Å². The molecule has 0 aromatic heterocycles. The van der Waals surface area contributed by atoms with Gasteiger partial charge in [-0.2, -0.15) is 0 Å². The van der Waals surface area contributed by atoms with Gasteiger partial charge in [-0.3, -0.25) is 4.79 Å². The van der Waals surface area contributed by atoms with E-state index in [-0.39, 0.29) is 18.0 Å². The molecule has 0 bridgehead atoms. The van der Waals surface area contributed by atoms with Crippen LogP contribution in [0.2, 0.25) is 0 Å². The van der Waals surface area contributed by atoms with Crippen LogP contribution in [0.4, 0.5) is 0 Å². The third kappa shape index (κ3) is 4.54. The fourth-order valence-electron chi connectivity index (χ4n) is 2.39. The summed E-state index contributed by atoms with van der Waals surface area (Å²) in [7, 11) is 0. The number of ether oxygens (including phenoxy) is 1. The molecule has 0 aliphatic heterocycles. The van der Waals surface area contributed by atoms with E-state index in [1.165, 1.54) is 12.8 Å². The van der Waals surface area contributed by atoms with Crippen LogP contribution < -0.4 is 0 Å². The highest BCUT2D eigenvalue weighted by molar-refractivity contribution is 5.72. The molecule has 3 atom stereocenters. The van der Waals surface area contributed by atoms with E-state index < -0.39 is 0 Å². The smallest absolute Gasteiger partial charge is 0.308 e. The van der Waals surface area contributed by atoms with Gasteiger partial charge in [0.2, 0.25) is 0 Å². The molecule has 0 aromatic carbocycles. The van der Waals surface area contributed by atoms with Crippen LogP contribution in [0.15, 0.2) is 0 Å². The number of hydrogen-bond acceptors (Lipinski definition) is 2. The zero-order valence-corrected chi connectivity index (χ0v) is 11.0. The average Bonchev–Trinajstić information content (AvgIpc) is 2.25. The zero-order chi connectivity index (χ0) is 12.0. The van der Waals surface area contributed by atoms with Crippen molar-refractivity contribution < 1.29 is 9.53 Å². The molecule has 1 aliphatic carbocycles. The first-order valence-corrected chi connectivity index (χ1v) is 6.84. The summed E-state index contributed by atoms with van der Waals surface area (Å²) in [4.78, 5) is 11.8. The molecule has 0 amide bonds. The summed E-state index contributed by atoms with van der Waals surface area (Å²) < 4.78 is 5.58. The van der Waals surface area contributed by atoms with Crippen LogP contribution in [0.25, 0.3) is 0 Å². The molecule has 16 heavy (non-hydrogen) atoms. The van der Waals surface area contributed by atoms with Crippen LogP contribution in [0.5, 0.6) is 0 Å². The Morgan fingerprint density at radius 3 is 2.81 bits per heavy atom. The first-order chi connectivity index (χ1) is 7.63. The third-order valence-electron chi connectivity index (χ3n) is 3.56. The van der Waals surface area contributed by atoms with Crippen molar-refractivity contribution in [1.82, 2.24) is 0 Å². The van der Waals surface area contributed by atoms with Crippen molar-refractivity contribution in [3.8, 4) is 0 Å². The highest BCUT2D eigenvalue weighted by atomic mass is 16.5. The SMILES string of the molecule is CCCCC(C)C(=O)OC1CCCC(C)C1. The standard InChI is InChI=1S/C14H26O2/c1-4-5-8-12(3)14(15)16-13-9-6-7-11(2)10-13/h11-13H,4-10H2,1-3H3. The minimum atomic E-state index is 0.0209. The molecule has 2 nitrogen and oxygen atoms in total. The van der Waals surface area contributed by atoms with E-state index in [0.717, 1.165) is 38.0 Å². The maximum atomic E-state index is 11.8. The summed E-state index contributed by atoms with van der Waals surface area (Å²) in [5, 5.41) is 0. The fraction of sp³-hybridized carbons (Fsp3) is 0.929.